The van der Waals surface area contributed by atoms with Gasteiger partial charge >= 0.3 is 0 Å². The van der Waals surface area contributed by atoms with E-state index < -0.39 is 0 Å². The van der Waals surface area contributed by atoms with Crippen LogP contribution in [0.15, 0.2) is 218 Å². The van der Waals surface area contributed by atoms with E-state index in [0.29, 0.717) is 0 Å². The van der Waals surface area contributed by atoms with Gasteiger partial charge in [0.25, 0.3) is 0 Å². The zero-order valence-corrected chi connectivity index (χ0v) is 33.5. The highest BCUT2D eigenvalue weighted by atomic mass is 15.2. The fourth-order valence-electron chi connectivity index (χ4n) is 9.39. The second-order valence-corrected chi connectivity index (χ2v) is 16.0. The molecule has 6 nitrogen and oxygen atoms in total. The van der Waals surface area contributed by atoms with Crippen molar-refractivity contribution in [3.05, 3.63) is 218 Å². The summed E-state index contributed by atoms with van der Waals surface area (Å²) in [4.78, 5) is 10.4. The largest absolute Gasteiger partial charge is 0.278 e. The number of para-hydroxylation sites is 4. The van der Waals surface area contributed by atoms with Crippen LogP contribution in [0.1, 0.15) is 0 Å². The third kappa shape index (κ3) is 5.30. The Hall–Kier alpha value is -8.48. The number of aromatic nitrogens is 6. The Balaban J connectivity index is 0.937. The molecule has 0 radical (unpaired) electrons. The molecule has 62 heavy (non-hydrogen) atoms. The highest BCUT2D eigenvalue weighted by Crippen LogP contribution is 2.37. The van der Waals surface area contributed by atoms with Crippen LogP contribution in [0.3, 0.4) is 0 Å². The number of imidazole rings is 4. The molecule has 290 valence electrons. The SMILES string of the molecule is c1ccc(-c2ccc(-c3ccc(-n4c5ccc(-c6ccc7c(c6)n6c8ccccc8nc6n7-c6ccc(-c7ccccc7)cc6)cc5n5c6ccccc6nc45)cc3)cc2)cc1. The van der Waals surface area contributed by atoms with Crippen molar-refractivity contribution in [1.82, 2.24) is 27.9 Å². The molecular weight excluding hydrogens is 757 g/mol. The maximum Gasteiger partial charge on any atom is 0.220 e. The van der Waals surface area contributed by atoms with Crippen LogP contribution in [0.4, 0.5) is 0 Å². The summed E-state index contributed by atoms with van der Waals surface area (Å²) in [5, 5.41) is 0. The van der Waals surface area contributed by atoms with E-state index in [9.17, 15) is 0 Å². The van der Waals surface area contributed by atoms with E-state index in [4.69, 9.17) is 9.97 Å². The maximum absolute atomic E-state index is 5.22. The second kappa shape index (κ2) is 13.5. The van der Waals surface area contributed by atoms with E-state index in [1.165, 1.54) is 33.4 Å². The lowest BCUT2D eigenvalue weighted by molar-refractivity contribution is 1.11. The average Bonchev–Trinajstić information content (AvgIpc) is 4.08. The standard InChI is InChI=1S/C56H36N6/c1-3-11-37(12-4-1)39-19-21-40(22-20-39)42-25-31-46(32-26-42)60-52-34-28-44(36-54(52)62-50-18-10-8-16-48(50)58-56(60)62)43-27-33-51-53(35-43)61-49-17-9-7-15-47(49)57-55(61)59(51)45-29-23-41(24-30-45)38-13-5-2-6-14-38/h1-36H. The predicted molar refractivity (Wildman–Crippen MR) is 254 cm³/mol. The van der Waals surface area contributed by atoms with E-state index in [0.717, 1.165) is 78.2 Å². The van der Waals surface area contributed by atoms with Gasteiger partial charge in [0.05, 0.1) is 44.1 Å². The third-order valence-electron chi connectivity index (χ3n) is 12.4. The summed E-state index contributed by atoms with van der Waals surface area (Å²) in [7, 11) is 0. The molecule has 6 heteroatoms. The minimum atomic E-state index is 0.885. The Morgan fingerprint density at radius 2 is 0.565 bits per heavy atom. The molecule has 13 rings (SSSR count). The molecule has 0 N–H and O–H groups in total. The molecule has 0 atom stereocenters. The summed E-state index contributed by atoms with van der Waals surface area (Å²) < 4.78 is 9.18. The van der Waals surface area contributed by atoms with Crippen molar-refractivity contribution < 1.29 is 0 Å². The molecule has 0 saturated heterocycles. The third-order valence-corrected chi connectivity index (χ3v) is 12.4. The van der Waals surface area contributed by atoms with Crippen molar-refractivity contribution in [2.45, 2.75) is 0 Å². The molecule has 0 saturated carbocycles. The lowest BCUT2D eigenvalue weighted by atomic mass is 10.0. The van der Waals surface area contributed by atoms with Gasteiger partial charge in [0.2, 0.25) is 11.6 Å². The van der Waals surface area contributed by atoms with Gasteiger partial charge in [0.1, 0.15) is 0 Å². The van der Waals surface area contributed by atoms with E-state index >= 15 is 0 Å². The molecule has 0 fully saturated rings. The lowest BCUT2D eigenvalue weighted by Gasteiger charge is -2.09. The van der Waals surface area contributed by atoms with Crippen LogP contribution in [-0.2, 0) is 0 Å². The van der Waals surface area contributed by atoms with Crippen molar-refractivity contribution in [2.75, 3.05) is 0 Å². The first kappa shape index (κ1) is 34.4. The number of nitrogens with zero attached hydrogens (tertiary/aromatic N) is 6. The van der Waals surface area contributed by atoms with Crippen molar-refractivity contribution in [3.8, 4) is 55.9 Å². The fourth-order valence-corrected chi connectivity index (χ4v) is 9.39. The van der Waals surface area contributed by atoms with Crippen LogP contribution in [0.5, 0.6) is 0 Å². The normalized spacial score (nSPS) is 11.9. The van der Waals surface area contributed by atoms with Crippen molar-refractivity contribution in [2.24, 2.45) is 0 Å². The monoisotopic (exact) mass is 792 g/mol. The van der Waals surface area contributed by atoms with Gasteiger partial charge in [-0.2, -0.15) is 0 Å². The lowest BCUT2D eigenvalue weighted by Crippen LogP contribution is -1.95. The van der Waals surface area contributed by atoms with Crippen LogP contribution < -0.4 is 0 Å². The van der Waals surface area contributed by atoms with Crippen molar-refractivity contribution in [1.29, 1.82) is 0 Å². The van der Waals surface area contributed by atoms with Crippen LogP contribution >= 0.6 is 0 Å². The van der Waals surface area contributed by atoms with Gasteiger partial charge in [0, 0.05) is 11.4 Å². The quantitative estimate of drug-likeness (QED) is 0.168. The van der Waals surface area contributed by atoms with E-state index in [2.05, 4.69) is 236 Å². The number of fused-ring (bicyclic) bond motifs is 10. The zero-order chi connectivity index (χ0) is 40.7. The average molecular weight is 793 g/mol. The Morgan fingerprint density at radius 1 is 0.242 bits per heavy atom. The Morgan fingerprint density at radius 3 is 0.968 bits per heavy atom. The van der Waals surface area contributed by atoms with Gasteiger partial charge in [-0.05, 0) is 117 Å². The molecule has 0 aliphatic rings. The zero-order valence-electron chi connectivity index (χ0n) is 33.5. The number of hydrogen-bond acceptors (Lipinski definition) is 2. The summed E-state index contributed by atoms with van der Waals surface area (Å²) in [6.45, 7) is 0. The van der Waals surface area contributed by atoms with E-state index in [1.54, 1.807) is 0 Å². The first-order chi connectivity index (χ1) is 30.7. The molecule has 0 amide bonds. The summed E-state index contributed by atoms with van der Waals surface area (Å²) >= 11 is 0. The Labute approximate surface area is 356 Å². The second-order valence-electron chi connectivity index (χ2n) is 16.0. The first-order valence-corrected chi connectivity index (χ1v) is 21.0. The smallest absolute Gasteiger partial charge is 0.220 e. The summed E-state index contributed by atoms with van der Waals surface area (Å²) in [6.07, 6.45) is 0. The minimum Gasteiger partial charge on any atom is -0.278 e. The van der Waals surface area contributed by atoms with Gasteiger partial charge < -0.3 is 0 Å². The highest BCUT2D eigenvalue weighted by molar-refractivity contribution is 5.97. The summed E-state index contributed by atoms with van der Waals surface area (Å²) in [5.74, 6) is 1.77. The molecule has 0 spiro atoms. The molecule has 13 aromatic rings. The minimum absolute atomic E-state index is 0.885. The van der Waals surface area contributed by atoms with Gasteiger partial charge in [-0.1, -0.05) is 146 Å². The summed E-state index contributed by atoms with van der Waals surface area (Å²) in [6, 6.07) is 77.9. The molecule has 4 heterocycles. The van der Waals surface area contributed by atoms with Crippen LogP contribution in [0, 0.1) is 0 Å². The van der Waals surface area contributed by atoms with E-state index in [1.807, 2.05) is 0 Å². The first-order valence-electron chi connectivity index (χ1n) is 21.0. The fraction of sp³-hybridized carbons (Fsp3) is 0. The highest BCUT2D eigenvalue weighted by Gasteiger charge is 2.21. The molecule has 4 aromatic heterocycles. The molecule has 0 bridgehead atoms. The number of hydrogen-bond donors (Lipinski definition) is 0. The Bertz CT molecular complexity index is 3810. The van der Waals surface area contributed by atoms with Crippen LogP contribution in [-0.4, -0.2) is 27.9 Å². The van der Waals surface area contributed by atoms with Gasteiger partial charge in [-0.3, -0.25) is 17.9 Å². The van der Waals surface area contributed by atoms with Crippen molar-refractivity contribution >= 4 is 55.7 Å². The molecular formula is C56H36N6. The van der Waals surface area contributed by atoms with Crippen LogP contribution in [0.2, 0.25) is 0 Å². The van der Waals surface area contributed by atoms with E-state index in [-0.39, 0.29) is 0 Å². The predicted octanol–water partition coefficient (Wildman–Crippen LogP) is 13.8. The van der Waals surface area contributed by atoms with Gasteiger partial charge in [-0.15, -0.1) is 0 Å². The molecule has 0 unspecified atom stereocenters. The van der Waals surface area contributed by atoms with Gasteiger partial charge in [-0.25, -0.2) is 9.97 Å². The van der Waals surface area contributed by atoms with Crippen molar-refractivity contribution in [3.63, 3.8) is 0 Å². The molecule has 0 aliphatic heterocycles. The number of rotatable bonds is 6. The summed E-state index contributed by atoms with van der Waals surface area (Å²) in [5.41, 5.74) is 20.0. The molecule has 9 aromatic carbocycles. The Kier molecular flexibility index (Phi) is 7.50. The van der Waals surface area contributed by atoms with Crippen LogP contribution in [0.25, 0.3) is 112 Å². The maximum atomic E-state index is 5.22. The molecule has 0 aliphatic carbocycles. The number of benzene rings is 9. The topological polar surface area (TPSA) is 44.5 Å². The van der Waals surface area contributed by atoms with Gasteiger partial charge in [0.15, 0.2) is 0 Å².